The van der Waals surface area contributed by atoms with Gasteiger partial charge in [0.25, 0.3) is 5.91 Å². The molecule has 0 bridgehead atoms. The Bertz CT molecular complexity index is 504. The maximum Gasteiger partial charge on any atom is 0.276 e. The summed E-state index contributed by atoms with van der Waals surface area (Å²) in [5.74, 6) is 1.03. The maximum absolute atomic E-state index is 12.7. The SMILES string of the molecule is CSCCC(C)N(C)C(=O)c1nnn(C2CCNCC2)c1C.Cl. The van der Waals surface area contributed by atoms with E-state index in [2.05, 4.69) is 28.8 Å². The lowest BCUT2D eigenvalue weighted by atomic mass is 10.1. The molecule has 2 heterocycles. The maximum atomic E-state index is 12.7. The number of carbonyl (C=O) groups is 1. The van der Waals surface area contributed by atoms with Crippen molar-refractivity contribution in [3.8, 4) is 0 Å². The highest BCUT2D eigenvalue weighted by Crippen LogP contribution is 2.21. The van der Waals surface area contributed by atoms with E-state index in [1.807, 2.05) is 18.7 Å². The van der Waals surface area contributed by atoms with Crippen molar-refractivity contribution in [2.45, 2.75) is 45.2 Å². The molecule has 0 radical (unpaired) electrons. The predicted octanol–water partition coefficient (Wildman–Crippen LogP) is 2.15. The molecule has 1 N–H and O–H groups in total. The standard InChI is InChI=1S/C15H27N5OS.ClH/c1-11(7-10-22-4)19(3)15(21)14-12(2)20(18-17-14)13-5-8-16-9-6-13;/h11,13,16H,5-10H2,1-4H3;1H. The van der Waals surface area contributed by atoms with E-state index in [1.54, 1.807) is 16.7 Å². The zero-order valence-corrected chi connectivity index (χ0v) is 16.0. The van der Waals surface area contributed by atoms with Crippen molar-refractivity contribution in [2.24, 2.45) is 0 Å². The molecule has 0 spiro atoms. The van der Waals surface area contributed by atoms with Crippen LogP contribution in [0, 0.1) is 6.92 Å². The molecule has 6 nitrogen and oxygen atoms in total. The van der Waals surface area contributed by atoms with Crippen LogP contribution in [0.4, 0.5) is 0 Å². The minimum atomic E-state index is -0.0220. The minimum Gasteiger partial charge on any atom is -0.338 e. The van der Waals surface area contributed by atoms with Gasteiger partial charge in [-0.3, -0.25) is 4.79 Å². The van der Waals surface area contributed by atoms with Gasteiger partial charge >= 0.3 is 0 Å². The Morgan fingerprint density at radius 3 is 2.74 bits per heavy atom. The fourth-order valence-electron chi connectivity index (χ4n) is 2.79. The molecule has 1 amide bonds. The summed E-state index contributed by atoms with van der Waals surface area (Å²) in [5.41, 5.74) is 1.39. The largest absolute Gasteiger partial charge is 0.338 e. The first-order valence-corrected chi connectivity index (χ1v) is 9.34. The number of nitrogens with zero attached hydrogens (tertiary/aromatic N) is 4. The summed E-state index contributed by atoms with van der Waals surface area (Å²) in [6, 6.07) is 0.568. The van der Waals surface area contributed by atoms with Gasteiger partial charge in [0.15, 0.2) is 5.69 Å². The summed E-state index contributed by atoms with van der Waals surface area (Å²) in [4.78, 5) is 14.4. The molecular formula is C15H28ClN5OS. The van der Waals surface area contributed by atoms with E-state index in [4.69, 9.17) is 0 Å². The fourth-order valence-corrected chi connectivity index (χ4v) is 3.36. The van der Waals surface area contributed by atoms with E-state index < -0.39 is 0 Å². The first-order chi connectivity index (χ1) is 10.6. The van der Waals surface area contributed by atoms with Crippen LogP contribution in [0.2, 0.25) is 0 Å². The predicted molar refractivity (Wildman–Crippen MR) is 97.7 cm³/mol. The van der Waals surface area contributed by atoms with Gasteiger partial charge < -0.3 is 10.2 Å². The Kier molecular flexibility index (Phi) is 8.36. The molecule has 0 saturated carbocycles. The number of halogens is 1. The first kappa shape index (κ1) is 20.3. The summed E-state index contributed by atoms with van der Waals surface area (Å²) < 4.78 is 1.94. The topological polar surface area (TPSA) is 63.1 Å². The Morgan fingerprint density at radius 2 is 2.13 bits per heavy atom. The smallest absolute Gasteiger partial charge is 0.276 e. The number of hydrogen-bond acceptors (Lipinski definition) is 5. The minimum absolute atomic E-state index is 0. The van der Waals surface area contributed by atoms with Crippen LogP contribution in [0.15, 0.2) is 0 Å². The molecule has 132 valence electrons. The number of carbonyl (C=O) groups excluding carboxylic acids is 1. The second kappa shape index (κ2) is 9.49. The molecule has 1 aromatic heterocycles. The van der Waals surface area contributed by atoms with Crippen LogP contribution >= 0.6 is 24.2 Å². The summed E-state index contributed by atoms with van der Waals surface area (Å²) in [6.07, 6.45) is 5.16. The fraction of sp³-hybridized carbons (Fsp3) is 0.800. The number of aromatic nitrogens is 3. The molecule has 1 aliphatic heterocycles. The molecule has 23 heavy (non-hydrogen) atoms. The third-order valence-corrected chi connectivity index (χ3v) is 5.15. The van der Waals surface area contributed by atoms with Crippen molar-refractivity contribution in [2.75, 3.05) is 32.1 Å². The van der Waals surface area contributed by atoms with Crippen LogP contribution in [-0.4, -0.2) is 64.0 Å². The Hall–Kier alpha value is -0.790. The van der Waals surface area contributed by atoms with Crippen LogP contribution in [0.5, 0.6) is 0 Å². The van der Waals surface area contributed by atoms with E-state index in [0.29, 0.717) is 11.7 Å². The van der Waals surface area contributed by atoms with Crippen LogP contribution in [0.1, 0.15) is 48.4 Å². The van der Waals surface area contributed by atoms with Crippen molar-refractivity contribution >= 4 is 30.1 Å². The van der Waals surface area contributed by atoms with Gasteiger partial charge in [-0.05, 0) is 58.2 Å². The van der Waals surface area contributed by atoms with E-state index >= 15 is 0 Å². The molecule has 1 aromatic rings. The Labute approximate surface area is 149 Å². The summed E-state index contributed by atoms with van der Waals surface area (Å²) >= 11 is 1.80. The van der Waals surface area contributed by atoms with Crippen molar-refractivity contribution in [1.82, 2.24) is 25.2 Å². The summed E-state index contributed by atoms with van der Waals surface area (Å²) in [7, 11) is 1.86. The molecule has 1 atom stereocenters. The van der Waals surface area contributed by atoms with E-state index in [1.165, 1.54) is 0 Å². The highest BCUT2D eigenvalue weighted by atomic mass is 35.5. The number of thioether (sulfide) groups is 1. The number of piperidine rings is 1. The summed E-state index contributed by atoms with van der Waals surface area (Å²) in [5, 5.41) is 11.8. The average molecular weight is 362 g/mol. The third-order valence-electron chi connectivity index (χ3n) is 4.51. The van der Waals surface area contributed by atoms with Crippen LogP contribution in [0.3, 0.4) is 0 Å². The zero-order chi connectivity index (χ0) is 16.1. The Morgan fingerprint density at radius 1 is 1.48 bits per heavy atom. The van der Waals surface area contributed by atoms with Crippen LogP contribution < -0.4 is 5.32 Å². The molecule has 8 heteroatoms. The number of nitrogens with one attached hydrogen (secondary N) is 1. The van der Waals surface area contributed by atoms with Gasteiger partial charge in [-0.25, -0.2) is 4.68 Å². The van der Waals surface area contributed by atoms with E-state index in [-0.39, 0.29) is 24.4 Å². The van der Waals surface area contributed by atoms with Crippen molar-refractivity contribution in [3.63, 3.8) is 0 Å². The lowest BCUT2D eigenvalue weighted by molar-refractivity contribution is 0.0734. The third kappa shape index (κ3) is 4.84. The lowest BCUT2D eigenvalue weighted by Crippen LogP contribution is -2.36. The van der Waals surface area contributed by atoms with Crippen molar-refractivity contribution in [1.29, 1.82) is 0 Å². The number of hydrogen-bond donors (Lipinski definition) is 1. The molecule has 0 aliphatic carbocycles. The van der Waals surface area contributed by atoms with Crippen molar-refractivity contribution < 1.29 is 4.79 Å². The lowest BCUT2D eigenvalue weighted by Gasteiger charge is -2.25. The summed E-state index contributed by atoms with van der Waals surface area (Å²) in [6.45, 7) is 6.04. The number of rotatable bonds is 6. The molecule has 1 unspecified atom stereocenters. The van der Waals surface area contributed by atoms with Gasteiger partial charge in [0.2, 0.25) is 0 Å². The molecule has 1 saturated heterocycles. The van der Waals surface area contributed by atoms with Gasteiger partial charge in [0.1, 0.15) is 0 Å². The first-order valence-electron chi connectivity index (χ1n) is 7.94. The quantitative estimate of drug-likeness (QED) is 0.841. The van der Waals surface area contributed by atoms with Crippen molar-refractivity contribution in [3.05, 3.63) is 11.4 Å². The molecule has 1 fully saturated rings. The normalized spacial score (nSPS) is 16.7. The number of amides is 1. The van der Waals surface area contributed by atoms with Gasteiger partial charge in [-0.15, -0.1) is 17.5 Å². The average Bonchev–Trinajstić information content (AvgIpc) is 2.93. The van der Waals surface area contributed by atoms with E-state index in [0.717, 1.165) is 43.8 Å². The monoisotopic (exact) mass is 361 g/mol. The zero-order valence-electron chi connectivity index (χ0n) is 14.4. The molecule has 2 rings (SSSR count). The highest BCUT2D eigenvalue weighted by Gasteiger charge is 2.26. The van der Waals surface area contributed by atoms with Crippen LogP contribution in [0.25, 0.3) is 0 Å². The van der Waals surface area contributed by atoms with Gasteiger partial charge in [-0.2, -0.15) is 11.8 Å². The Balaban J connectivity index is 0.00000264. The second-order valence-electron chi connectivity index (χ2n) is 6.00. The van der Waals surface area contributed by atoms with Gasteiger partial charge in [-0.1, -0.05) is 5.21 Å². The van der Waals surface area contributed by atoms with E-state index in [9.17, 15) is 4.79 Å². The highest BCUT2D eigenvalue weighted by molar-refractivity contribution is 7.98. The van der Waals surface area contributed by atoms with Crippen LogP contribution in [-0.2, 0) is 0 Å². The second-order valence-corrected chi connectivity index (χ2v) is 6.98. The van der Waals surface area contributed by atoms with Gasteiger partial charge in [0, 0.05) is 13.1 Å². The van der Waals surface area contributed by atoms with Gasteiger partial charge in [0.05, 0.1) is 11.7 Å². The molecule has 1 aliphatic rings. The molecular weight excluding hydrogens is 334 g/mol. The molecule has 0 aromatic carbocycles.